The van der Waals surface area contributed by atoms with E-state index in [4.69, 9.17) is 56.8 Å². The molecule has 7 rings (SSSR count). The van der Waals surface area contributed by atoms with Gasteiger partial charge in [-0.05, 0) is 67.3 Å². The zero-order chi connectivity index (χ0) is 45.3. The molecule has 2 aromatic carbocycles. The molecule has 0 bridgehead atoms. The summed E-state index contributed by atoms with van der Waals surface area (Å²) < 4.78 is 83.2. The number of thioether (sulfide) groups is 1. The number of benzene rings is 2. The van der Waals surface area contributed by atoms with Gasteiger partial charge in [0.25, 0.3) is 12.4 Å². The highest BCUT2D eigenvalue weighted by atomic mass is 35.5. The maximum absolute atomic E-state index is 14.5. The number of hydrogen-bond donors (Lipinski definition) is 1. The summed E-state index contributed by atoms with van der Waals surface area (Å²) in [5.41, 5.74) is 0.980. The molecule has 4 aliphatic rings. The second kappa shape index (κ2) is 22.0. The lowest BCUT2D eigenvalue weighted by Crippen LogP contribution is -2.43. The fourth-order valence-electron chi connectivity index (χ4n) is 6.88. The first-order chi connectivity index (χ1) is 30.1. The summed E-state index contributed by atoms with van der Waals surface area (Å²) in [4.78, 5) is 40.6. The number of morpholine rings is 1. The summed E-state index contributed by atoms with van der Waals surface area (Å²) >= 11 is 14.1. The Morgan fingerprint density at radius 2 is 1.67 bits per heavy atom. The standard InChI is InChI=1S/C40H46Cl2F2N4O10S2.CH2O2/c1-60(52,53)48(9-8-45-10-13-54-14-11-45)29-16-28(17-30(19-29)55-23-25-2-3-25)37(49)47-12-15-59-38(47)39(50)57-35(20-31-32(41)21-46(51)22-33(31)42)27-6-7-34(58-40(43)44)36(18-27)56-24-26-4-5-26;2-1-3/h6-7,16-19,21-22,25-26,35,38,40H,2-5,8-15,20,23-24H2,1H3;1H,(H,2,3)/t35-,38?;/m0./s1. The van der Waals surface area contributed by atoms with Crippen LogP contribution in [0.1, 0.15) is 53.3 Å². The highest BCUT2D eigenvalue weighted by Gasteiger charge is 2.39. The van der Waals surface area contributed by atoms with E-state index in [1.165, 1.54) is 45.2 Å². The number of carbonyl (C=O) groups excluding carboxylic acids is 2. The molecule has 2 atom stereocenters. The van der Waals surface area contributed by atoms with Crippen LogP contribution in [-0.4, -0.2) is 125 Å². The Morgan fingerprint density at radius 1 is 1.02 bits per heavy atom. The molecule has 0 spiro atoms. The predicted molar refractivity (Wildman–Crippen MR) is 229 cm³/mol. The molecule has 4 fully saturated rings. The number of ether oxygens (including phenoxy) is 5. The Labute approximate surface area is 377 Å². The lowest BCUT2D eigenvalue weighted by Gasteiger charge is -2.30. The third-order valence-corrected chi connectivity index (χ3v) is 13.5. The molecule has 1 amide bonds. The molecule has 1 N–H and O–H groups in total. The molecule has 1 unspecified atom stereocenters. The van der Waals surface area contributed by atoms with Gasteiger partial charge in [-0.15, -0.1) is 11.8 Å². The molecular weight excluding hydrogens is 914 g/mol. The first kappa shape index (κ1) is 48.1. The van der Waals surface area contributed by atoms with Crippen LogP contribution in [0.4, 0.5) is 14.5 Å². The SMILES string of the molecule is CS(=O)(=O)N(CCN1CCOCC1)c1cc(OCC2CC2)cc(C(=O)N2CCSC2C(=O)O[C@@H](Cc2c(Cl)c[n+]([O-])cc2Cl)c2ccc(OC(F)F)c(OCC3CC3)c2)c1.O=CO. The van der Waals surface area contributed by atoms with E-state index in [0.29, 0.717) is 67.2 Å². The largest absolute Gasteiger partial charge is 0.619 e. The minimum atomic E-state index is -3.81. The smallest absolute Gasteiger partial charge is 0.387 e. The second-order valence-electron chi connectivity index (χ2n) is 15.3. The summed E-state index contributed by atoms with van der Waals surface area (Å²) in [5.74, 6) is -0.174. The summed E-state index contributed by atoms with van der Waals surface area (Å²) in [6.45, 7) is 0.469. The van der Waals surface area contributed by atoms with Crippen molar-refractivity contribution in [3.05, 3.63) is 80.7 Å². The molecular formula is C41H48Cl2F2N4O12S2. The maximum atomic E-state index is 14.5. The van der Waals surface area contributed by atoms with Crippen molar-refractivity contribution in [2.24, 2.45) is 11.8 Å². The molecule has 2 saturated carbocycles. The number of pyridine rings is 1. The zero-order valence-electron chi connectivity index (χ0n) is 34.2. The number of sulfonamides is 1. The second-order valence-corrected chi connectivity index (χ2v) is 19.3. The van der Waals surface area contributed by atoms with E-state index in [2.05, 4.69) is 4.90 Å². The van der Waals surface area contributed by atoms with Crippen LogP contribution in [-0.2, 0) is 35.5 Å². The van der Waals surface area contributed by atoms with Gasteiger partial charge < -0.3 is 38.9 Å². The normalized spacial score (nSPS) is 18.3. The van der Waals surface area contributed by atoms with Crippen molar-refractivity contribution < 1.29 is 65.1 Å². The summed E-state index contributed by atoms with van der Waals surface area (Å²) in [6, 6.07) is 8.85. The van der Waals surface area contributed by atoms with E-state index in [-0.39, 0.29) is 76.9 Å². The molecule has 0 radical (unpaired) electrons. The Bertz CT molecular complexity index is 2180. The van der Waals surface area contributed by atoms with Gasteiger partial charge in [-0.25, -0.2) is 13.2 Å². The lowest BCUT2D eigenvalue weighted by molar-refractivity contribution is -0.605. The average molecular weight is 962 g/mol. The van der Waals surface area contributed by atoms with Crippen LogP contribution in [0.5, 0.6) is 17.2 Å². The van der Waals surface area contributed by atoms with Gasteiger partial charge in [0.05, 0.1) is 38.4 Å². The molecule has 3 aromatic rings. The number of esters is 1. The molecule has 22 heteroatoms. The van der Waals surface area contributed by atoms with Crippen molar-refractivity contribution in [1.82, 2.24) is 9.80 Å². The van der Waals surface area contributed by atoms with Crippen LogP contribution in [0.15, 0.2) is 48.8 Å². The predicted octanol–water partition coefficient (Wildman–Crippen LogP) is 5.65. The van der Waals surface area contributed by atoms with Crippen LogP contribution in [0.3, 0.4) is 0 Å². The Balaban J connectivity index is 0.00000214. The number of anilines is 1. The van der Waals surface area contributed by atoms with E-state index >= 15 is 0 Å². The number of rotatable bonds is 19. The maximum Gasteiger partial charge on any atom is 0.387 e. The van der Waals surface area contributed by atoms with Gasteiger partial charge >= 0.3 is 12.6 Å². The van der Waals surface area contributed by atoms with Gasteiger partial charge in [0.15, 0.2) is 29.3 Å². The van der Waals surface area contributed by atoms with E-state index in [0.717, 1.165) is 44.3 Å². The minimum Gasteiger partial charge on any atom is -0.619 e. The lowest BCUT2D eigenvalue weighted by atomic mass is 10.0. The first-order valence-electron chi connectivity index (χ1n) is 20.2. The van der Waals surface area contributed by atoms with Gasteiger partial charge in [-0.3, -0.25) is 18.8 Å². The van der Waals surface area contributed by atoms with Crippen LogP contribution in [0.2, 0.25) is 10.0 Å². The highest BCUT2D eigenvalue weighted by molar-refractivity contribution is 8.00. The quantitative estimate of drug-likeness (QED) is 0.0672. The number of aromatic nitrogens is 1. The topological polar surface area (TPSA) is 188 Å². The Morgan fingerprint density at radius 3 is 2.29 bits per heavy atom. The van der Waals surface area contributed by atoms with Crippen molar-refractivity contribution in [3.8, 4) is 17.2 Å². The summed E-state index contributed by atoms with van der Waals surface area (Å²) in [7, 11) is -3.81. The summed E-state index contributed by atoms with van der Waals surface area (Å²) in [5, 5.41) is 17.8. The van der Waals surface area contributed by atoms with E-state index in [9.17, 15) is 32.0 Å². The number of nitrogens with zero attached hydrogens (tertiary/aromatic N) is 4. The average Bonchev–Trinajstić information content (AvgIpc) is 4.18. The monoisotopic (exact) mass is 960 g/mol. The van der Waals surface area contributed by atoms with Crippen LogP contribution in [0, 0.1) is 17.0 Å². The minimum absolute atomic E-state index is 0.00104. The van der Waals surface area contributed by atoms with E-state index in [1.807, 2.05) is 0 Å². The summed E-state index contributed by atoms with van der Waals surface area (Å²) in [6.07, 6.45) is 5.93. The number of halogens is 4. The van der Waals surface area contributed by atoms with Crippen molar-refractivity contribution in [2.75, 3.05) is 75.5 Å². The number of amides is 1. The molecule has 3 heterocycles. The van der Waals surface area contributed by atoms with Gasteiger partial charge in [-0.1, -0.05) is 29.3 Å². The molecule has 2 saturated heterocycles. The van der Waals surface area contributed by atoms with Crippen LogP contribution in [0.25, 0.3) is 0 Å². The third-order valence-electron chi connectivity index (χ3n) is 10.5. The molecule has 1 aromatic heterocycles. The highest BCUT2D eigenvalue weighted by Crippen LogP contribution is 2.39. The van der Waals surface area contributed by atoms with Crippen LogP contribution < -0.4 is 23.2 Å². The number of carbonyl (C=O) groups is 3. The van der Waals surface area contributed by atoms with Crippen LogP contribution >= 0.6 is 35.0 Å². The number of carboxylic acid groups (broad SMARTS) is 1. The third kappa shape index (κ3) is 13.8. The first-order valence-corrected chi connectivity index (χ1v) is 23.8. The fraction of sp³-hybridized carbons (Fsp3) is 0.512. The molecule has 16 nitrogen and oxygen atoms in total. The number of alkyl halides is 2. The molecule has 344 valence electrons. The molecule has 63 heavy (non-hydrogen) atoms. The van der Waals surface area contributed by atoms with Gasteiger partial charge in [0.1, 0.15) is 21.9 Å². The van der Waals surface area contributed by atoms with Crippen molar-refractivity contribution in [1.29, 1.82) is 0 Å². The molecule has 2 aliphatic heterocycles. The number of hydrogen-bond acceptors (Lipinski definition) is 13. The van der Waals surface area contributed by atoms with Crippen molar-refractivity contribution in [2.45, 2.75) is 50.2 Å². The zero-order valence-corrected chi connectivity index (χ0v) is 37.4. The van der Waals surface area contributed by atoms with Gasteiger partial charge in [0.2, 0.25) is 10.0 Å². The van der Waals surface area contributed by atoms with Crippen molar-refractivity contribution >= 4 is 69.0 Å². The Hall–Kier alpha value is -4.34. The molecule has 2 aliphatic carbocycles. The fourth-order valence-corrected chi connectivity index (χ4v) is 9.47. The van der Waals surface area contributed by atoms with Gasteiger partial charge in [-0.2, -0.15) is 13.5 Å². The Kier molecular flexibility index (Phi) is 16.8. The van der Waals surface area contributed by atoms with Crippen molar-refractivity contribution in [3.63, 3.8) is 0 Å². The van der Waals surface area contributed by atoms with E-state index in [1.54, 1.807) is 12.1 Å². The van der Waals surface area contributed by atoms with Gasteiger partial charge in [0, 0.05) is 62.1 Å². The van der Waals surface area contributed by atoms with E-state index < -0.39 is 40.0 Å².